The van der Waals surface area contributed by atoms with Crippen LogP contribution in [-0.2, 0) is 28.8 Å². The van der Waals surface area contributed by atoms with Crippen LogP contribution in [0.5, 0.6) is 23.0 Å². The predicted octanol–water partition coefficient (Wildman–Crippen LogP) is 0.511. The van der Waals surface area contributed by atoms with Crippen LogP contribution in [0.1, 0.15) is 24.0 Å². The summed E-state index contributed by atoms with van der Waals surface area (Å²) in [5.74, 6) is -3.15. The number of piperidine rings is 2. The zero-order valence-corrected chi connectivity index (χ0v) is 18.9. The number of nitrogens with one attached hydrogen (secondary N) is 2. The zero-order valence-electron chi connectivity index (χ0n) is 18.9. The lowest BCUT2D eigenvalue weighted by Crippen LogP contribution is -2.40. The molecule has 2 fully saturated rings. The van der Waals surface area contributed by atoms with E-state index >= 15 is 0 Å². The maximum atomic E-state index is 11.6. The van der Waals surface area contributed by atoms with Crippen LogP contribution in [0.15, 0.2) is 47.5 Å². The third-order valence-corrected chi connectivity index (χ3v) is 5.26. The Morgan fingerprint density at radius 1 is 0.649 bits per heavy atom. The molecule has 12 nitrogen and oxygen atoms in total. The number of amides is 4. The Labute approximate surface area is 208 Å². The van der Waals surface area contributed by atoms with Gasteiger partial charge in [-0.25, -0.2) is 0 Å². The van der Waals surface area contributed by atoms with Crippen LogP contribution in [0, 0.1) is 0 Å². The molecule has 2 saturated heterocycles. The Kier molecular flexibility index (Phi) is 6.82. The van der Waals surface area contributed by atoms with Crippen LogP contribution in [0.4, 0.5) is 0 Å². The maximum absolute atomic E-state index is 11.6. The minimum absolute atomic E-state index is 0.0292. The summed E-state index contributed by atoms with van der Waals surface area (Å²) >= 11 is 0. The summed E-state index contributed by atoms with van der Waals surface area (Å²) < 4.78 is 10.4. The minimum Gasteiger partial charge on any atom is -0.504 e. The standard InChI is InChI=1S/C13H9NO5.C12H9NO5/c15-9-5-12(16)14-13(17)8(9)3-7-1-2-10-11(4-7)19-6-18-10;14-8-2-1-6(4-10(8)16)3-7-9(15)5-11(17)13-12(7)18/h1-4H,5-6H2,(H,14,16,17);1-4,14,16H,5H2,(H,13,17,18)/b8-3+;7-3+. The van der Waals surface area contributed by atoms with Gasteiger partial charge in [0, 0.05) is 0 Å². The average Bonchev–Trinajstić information content (AvgIpc) is 3.29. The van der Waals surface area contributed by atoms with Gasteiger partial charge in [0.15, 0.2) is 34.6 Å². The number of rotatable bonds is 2. The molecule has 4 amide bonds. The molecule has 0 atom stereocenters. The van der Waals surface area contributed by atoms with Crippen LogP contribution in [0.2, 0.25) is 0 Å². The molecule has 2 aromatic rings. The molecule has 2 aromatic carbocycles. The van der Waals surface area contributed by atoms with Crippen LogP contribution in [0.25, 0.3) is 12.2 Å². The first kappa shape index (κ1) is 24.9. The first-order valence-corrected chi connectivity index (χ1v) is 10.7. The van der Waals surface area contributed by atoms with E-state index in [1.54, 1.807) is 18.2 Å². The van der Waals surface area contributed by atoms with E-state index in [9.17, 15) is 33.9 Å². The van der Waals surface area contributed by atoms with E-state index in [1.165, 1.54) is 30.4 Å². The van der Waals surface area contributed by atoms with Crippen molar-refractivity contribution in [1.82, 2.24) is 10.6 Å². The molecule has 0 aliphatic carbocycles. The van der Waals surface area contributed by atoms with Crippen LogP contribution < -0.4 is 20.1 Å². The SMILES string of the molecule is O=C1CC(=O)/C(=C\c2ccc(O)c(O)c2)C(=O)N1.O=C1CC(=O)/C(=C\c2ccc3c(c2)OCO3)C(=O)N1. The van der Waals surface area contributed by atoms with Crippen molar-refractivity contribution in [2.75, 3.05) is 6.79 Å². The van der Waals surface area contributed by atoms with Gasteiger partial charge in [0.05, 0.1) is 24.0 Å². The number of hydrogen-bond acceptors (Lipinski definition) is 10. The highest BCUT2D eigenvalue weighted by Gasteiger charge is 2.29. The molecule has 37 heavy (non-hydrogen) atoms. The van der Waals surface area contributed by atoms with Crippen molar-refractivity contribution in [3.63, 3.8) is 0 Å². The van der Waals surface area contributed by atoms with E-state index in [0.717, 1.165) is 0 Å². The molecule has 0 saturated carbocycles. The van der Waals surface area contributed by atoms with Gasteiger partial charge in [-0.2, -0.15) is 0 Å². The summed E-state index contributed by atoms with van der Waals surface area (Å²) in [6.45, 7) is 0.156. The largest absolute Gasteiger partial charge is 0.504 e. The molecule has 5 rings (SSSR count). The third kappa shape index (κ3) is 5.70. The molecule has 12 heteroatoms. The minimum atomic E-state index is -0.760. The number of imide groups is 2. The second kappa shape index (κ2) is 10.2. The predicted molar refractivity (Wildman–Crippen MR) is 124 cm³/mol. The van der Waals surface area contributed by atoms with Gasteiger partial charge < -0.3 is 19.7 Å². The topological polar surface area (TPSA) is 185 Å². The van der Waals surface area contributed by atoms with Crippen LogP contribution in [-0.4, -0.2) is 52.2 Å². The molecule has 3 heterocycles. The van der Waals surface area contributed by atoms with Gasteiger partial charge in [-0.05, 0) is 47.5 Å². The first-order valence-electron chi connectivity index (χ1n) is 10.7. The molecule has 0 unspecified atom stereocenters. The fourth-order valence-corrected chi connectivity index (χ4v) is 3.47. The molecule has 0 radical (unpaired) electrons. The molecule has 0 aromatic heterocycles. The van der Waals surface area contributed by atoms with E-state index in [2.05, 4.69) is 5.32 Å². The second-order valence-corrected chi connectivity index (χ2v) is 7.93. The van der Waals surface area contributed by atoms with Crippen molar-refractivity contribution in [2.45, 2.75) is 12.8 Å². The smallest absolute Gasteiger partial charge is 0.261 e. The van der Waals surface area contributed by atoms with Gasteiger partial charge in [0.2, 0.25) is 18.6 Å². The van der Waals surface area contributed by atoms with Crippen molar-refractivity contribution in [3.05, 3.63) is 58.7 Å². The fourth-order valence-electron chi connectivity index (χ4n) is 3.47. The molecular formula is C25H18N2O10. The summed E-state index contributed by atoms with van der Waals surface area (Å²) in [7, 11) is 0. The van der Waals surface area contributed by atoms with Gasteiger partial charge >= 0.3 is 0 Å². The molecule has 4 N–H and O–H groups in total. The quantitative estimate of drug-likeness (QED) is 0.147. The van der Waals surface area contributed by atoms with E-state index < -0.39 is 35.2 Å². The highest BCUT2D eigenvalue weighted by molar-refractivity contribution is 6.33. The molecule has 3 aliphatic heterocycles. The molecular weight excluding hydrogens is 488 g/mol. The number of ether oxygens (including phenoxy) is 2. The number of Topliss-reactive ketones (excluding diaryl/α,β-unsaturated/α-hetero) is 2. The van der Waals surface area contributed by atoms with E-state index in [1.807, 2.05) is 5.32 Å². The lowest BCUT2D eigenvalue weighted by atomic mass is 10.0. The van der Waals surface area contributed by atoms with Crippen molar-refractivity contribution in [3.8, 4) is 23.0 Å². The Balaban J connectivity index is 0.000000173. The first-order chi connectivity index (χ1) is 17.6. The van der Waals surface area contributed by atoms with Gasteiger partial charge in [-0.15, -0.1) is 0 Å². The van der Waals surface area contributed by atoms with Gasteiger partial charge in [0.25, 0.3) is 11.8 Å². The number of benzene rings is 2. The fraction of sp³-hybridized carbons (Fsp3) is 0.120. The number of carbonyl (C=O) groups excluding carboxylic acids is 6. The summed E-state index contributed by atoms with van der Waals surface area (Å²) in [6.07, 6.45) is 2.01. The number of phenols is 2. The Morgan fingerprint density at radius 2 is 1.16 bits per heavy atom. The van der Waals surface area contributed by atoms with Crippen molar-refractivity contribution >= 4 is 47.3 Å². The van der Waals surface area contributed by atoms with Gasteiger partial charge in [-0.1, -0.05) is 12.1 Å². The molecule has 188 valence electrons. The number of phenolic OH excluding ortho intramolecular Hbond substituents is 2. The monoisotopic (exact) mass is 506 g/mol. The van der Waals surface area contributed by atoms with E-state index in [0.29, 0.717) is 22.6 Å². The number of aromatic hydroxyl groups is 2. The van der Waals surface area contributed by atoms with Gasteiger partial charge in [-0.3, -0.25) is 39.4 Å². The summed E-state index contributed by atoms with van der Waals surface area (Å²) in [4.78, 5) is 68.1. The summed E-state index contributed by atoms with van der Waals surface area (Å²) in [5, 5.41) is 22.5. The average molecular weight is 506 g/mol. The highest BCUT2D eigenvalue weighted by Crippen LogP contribution is 2.33. The second-order valence-electron chi connectivity index (χ2n) is 7.93. The molecule has 0 bridgehead atoms. The Bertz CT molecular complexity index is 1390. The number of fused-ring (bicyclic) bond motifs is 1. The number of carbonyl (C=O) groups is 6. The van der Waals surface area contributed by atoms with Crippen molar-refractivity contribution in [2.24, 2.45) is 0 Å². The zero-order chi connectivity index (χ0) is 26.7. The molecule has 3 aliphatic rings. The summed E-state index contributed by atoms with van der Waals surface area (Å²) in [6, 6.07) is 8.95. The van der Waals surface area contributed by atoms with Crippen LogP contribution in [0.3, 0.4) is 0 Å². The van der Waals surface area contributed by atoms with Crippen molar-refractivity contribution < 1.29 is 48.5 Å². The van der Waals surface area contributed by atoms with Crippen molar-refractivity contribution in [1.29, 1.82) is 0 Å². The Morgan fingerprint density at radius 3 is 1.70 bits per heavy atom. The normalized spacial score (nSPS) is 18.9. The lowest BCUT2D eigenvalue weighted by molar-refractivity contribution is -0.137. The van der Waals surface area contributed by atoms with E-state index in [4.69, 9.17) is 14.6 Å². The number of hydrogen-bond donors (Lipinski definition) is 4. The van der Waals surface area contributed by atoms with Crippen LogP contribution >= 0.6 is 0 Å². The third-order valence-electron chi connectivity index (χ3n) is 5.26. The molecule has 0 spiro atoms. The highest BCUT2D eigenvalue weighted by atomic mass is 16.7. The summed E-state index contributed by atoms with van der Waals surface area (Å²) in [5.41, 5.74) is 0.827. The van der Waals surface area contributed by atoms with E-state index in [-0.39, 0.29) is 42.3 Å². The number of ketones is 2. The lowest BCUT2D eigenvalue weighted by Gasteiger charge is -2.12. The maximum Gasteiger partial charge on any atom is 0.261 e. The van der Waals surface area contributed by atoms with Gasteiger partial charge in [0.1, 0.15) is 0 Å². The Hall–Kier alpha value is -5.26.